The Bertz CT molecular complexity index is 1060. The Hall–Kier alpha value is -3.39. The predicted octanol–water partition coefficient (Wildman–Crippen LogP) is 3.15. The molecule has 8 heteroatoms. The first kappa shape index (κ1) is 24.7. The van der Waals surface area contributed by atoms with E-state index in [1.165, 1.54) is 11.1 Å². The minimum absolute atomic E-state index is 0.154. The Kier molecular flexibility index (Phi) is 7.40. The quantitative estimate of drug-likeness (QED) is 0.569. The first-order chi connectivity index (χ1) is 16.8. The fourth-order valence-electron chi connectivity index (χ4n) is 4.78. The number of hydrogen-bond donors (Lipinski definition) is 2. The number of likely N-dealkylation sites (tertiary alicyclic amines) is 1. The zero-order valence-electron chi connectivity index (χ0n) is 20.7. The number of carbonyl (C=O) groups excluding carboxylic acids is 3. The first-order valence-corrected chi connectivity index (χ1v) is 12.2. The fourth-order valence-corrected chi connectivity index (χ4v) is 4.78. The first-order valence-electron chi connectivity index (χ1n) is 12.2. The number of aryl methyl sites for hydroxylation is 2. The number of nitrogens with zero attached hydrogens (tertiary/aromatic N) is 2. The van der Waals surface area contributed by atoms with Crippen molar-refractivity contribution in [1.29, 1.82) is 0 Å². The van der Waals surface area contributed by atoms with E-state index in [1.807, 2.05) is 0 Å². The lowest BCUT2D eigenvalue weighted by Gasteiger charge is -2.31. The number of rotatable bonds is 8. The number of urea groups is 1. The van der Waals surface area contributed by atoms with Gasteiger partial charge in [0.05, 0.1) is 13.7 Å². The number of benzene rings is 2. The molecule has 4 amide bonds. The highest BCUT2D eigenvalue weighted by molar-refractivity contribution is 6.08. The van der Waals surface area contributed by atoms with Crippen LogP contribution in [0.3, 0.4) is 0 Å². The van der Waals surface area contributed by atoms with Gasteiger partial charge in [-0.2, -0.15) is 5.01 Å². The van der Waals surface area contributed by atoms with Crippen molar-refractivity contribution in [3.63, 3.8) is 0 Å². The monoisotopic (exact) mass is 478 g/mol. The maximum absolute atomic E-state index is 13.1. The third kappa shape index (κ3) is 5.65. The lowest BCUT2D eigenvalue weighted by atomic mass is 9.90. The van der Waals surface area contributed by atoms with Gasteiger partial charge in [0.25, 0.3) is 11.8 Å². The molecule has 8 nitrogen and oxygen atoms in total. The Morgan fingerprint density at radius 3 is 2.37 bits per heavy atom. The molecule has 2 aliphatic rings. The van der Waals surface area contributed by atoms with Crippen LogP contribution in [0.5, 0.6) is 5.75 Å². The van der Waals surface area contributed by atoms with Gasteiger partial charge in [-0.05, 0) is 81.8 Å². The summed E-state index contributed by atoms with van der Waals surface area (Å²) in [6.45, 7) is 5.54. The molecule has 2 saturated heterocycles. The van der Waals surface area contributed by atoms with Gasteiger partial charge in [0.2, 0.25) is 0 Å². The van der Waals surface area contributed by atoms with Crippen molar-refractivity contribution >= 4 is 17.8 Å². The molecule has 0 aliphatic carbocycles. The van der Waals surface area contributed by atoms with Crippen molar-refractivity contribution in [1.82, 2.24) is 20.7 Å². The Morgan fingerprint density at radius 2 is 1.74 bits per heavy atom. The van der Waals surface area contributed by atoms with Crippen molar-refractivity contribution in [2.75, 3.05) is 26.7 Å². The van der Waals surface area contributed by atoms with Gasteiger partial charge >= 0.3 is 6.03 Å². The largest absolute Gasteiger partial charge is 0.497 e. The maximum Gasteiger partial charge on any atom is 0.344 e. The summed E-state index contributed by atoms with van der Waals surface area (Å²) in [6.07, 6.45) is 4.30. The SMILES string of the molecule is COc1ccc(C2(C)NC(=O)N(NC(=O)CN3CCC(CCc4ccc(C)cc4)CC3)C2=O)cc1. The van der Waals surface area contributed by atoms with Crippen LogP contribution in [0.15, 0.2) is 48.5 Å². The zero-order chi connectivity index (χ0) is 25.0. The van der Waals surface area contributed by atoms with Gasteiger partial charge in [-0.3, -0.25) is 19.9 Å². The standard InChI is InChI=1S/C27H34N4O4/c1-19-4-6-20(7-5-19)8-9-21-14-16-30(17-15-21)18-24(32)29-31-25(33)27(2,28-26(31)34)22-10-12-23(35-3)13-11-22/h4-7,10-13,21H,8-9,14-18H2,1-3H3,(H,28,34)(H,29,32). The summed E-state index contributed by atoms with van der Waals surface area (Å²) < 4.78 is 5.16. The van der Waals surface area contributed by atoms with E-state index in [0.717, 1.165) is 43.8 Å². The van der Waals surface area contributed by atoms with E-state index in [9.17, 15) is 14.4 Å². The van der Waals surface area contributed by atoms with Crippen LogP contribution in [0.25, 0.3) is 0 Å². The predicted molar refractivity (Wildman–Crippen MR) is 133 cm³/mol. The van der Waals surface area contributed by atoms with Crippen LogP contribution in [0.2, 0.25) is 0 Å². The van der Waals surface area contributed by atoms with Crippen LogP contribution in [-0.4, -0.2) is 54.5 Å². The molecule has 0 aromatic heterocycles. The highest BCUT2D eigenvalue weighted by Crippen LogP contribution is 2.29. The lowest BCUT2D eigenvalue weighted by molar-refractivity contribution is -0.139. The van der Waals surface area contributed by atoms with Crippen molar-refractivity contribution < 1.29 is 19.1 Å². The van der Waals surface area contributed by atoms with E-state index in [1.54, 1.807) is 38.3 Å². The van der Waals surface area contributed by atoms with E-state index in [4.69, 9.17) is 4.74 Å². The highest BCUT2D eigenvalue weighted by Gasteiger charge is 2.50. The van der Waals surface area contributed by atoms with Gasteiger partial charge in [0.15, 0.2) is 0 Å². The van der Waals surface area contributed by atoms with Crippen molar-refractivity contribution in [2.45, 2.75) is 45.1 Å². The van der Waals surface area contributed by atoms with E-state index in [2.05, 4.69) is 46.8 Å². The molecular formula is C27H34N4O4. The minimum Gasteiger partial charge on any atom is -0.497 e. The number of carbonyl (C=O) groups is 3. The second-order valence-electron chi connectivity index (χ2n) is 9.70. The Morgan fingerprint density at radius 1 is 1.09 bits per heavy atom. The van der Waals surface area contributed by atoms with Crippen molar-refractivity contribution in [3.8, 4) is 5.75 Å². The molecule has 0 spiro atoms. The number of nitrogens with one attached hydrogen (secondary N) is 2. The third-order valence-electron chi connectivity index (χ3n) is 7.13. The summed E-state index contributed by atoms with van der Waals surface area (Å²) in [5, 5.41) is 3.49. The average molecular weight is 479 g/mol. The molecule has 2 heterocycles. The number of methoxy groups -OCH3 is 1. The van der Waals surface area contributed by atoms with Crippen molar-refractivity contribution in [2.24, 2.45) is 5.92 Å². The molecule has 0 bridgehead atoms. The van der Waals surface area contributed by atoms with Gasteiger partial charge in [0.1, 0.15) is 11.3 Å². The number of ether oxygens (including phenoxy) is 1. The molecule has 1 unspecified atom stereocenters. The van der Waals surface area contributed by atoms with Gasteiger partial charge in [0, 0.05) is 0 Å². The van der Waals surface area contributed by atoms with E-state index in [-0.39, 0.29) is 12.5 Å². The second kappa shape index (κ2) is 10.5. The molecule has 4 rings (SSSR count). The normalized spacial score (nSPS) is 21.2. The second-order valence-corrected chi connectivity index (χ2v) is 9.70. The summed E-state index contributed by atoms with van der Waals surface area (Å²) in [7, 11) is 1.56. The van der Waals surface area contributed by atoms with Crippen LogP contribution in [0, 0.1) is 12.8 Å². The number of hydrogen-bond acceptors (Lipinski definition) is 5. The number of hydrazine groups is 1. The van der Waals surface area contributed by atoms with Crippen LogP contribution in [0.4, 0.5) is 4.79 Å². The highest BCUT2D eigenvalue weighted by atomic mass is 16.5. The van der Waals surface area contributed by atoms with Gasteiger partial charge in [-0.1, -0.05) is 42.0 Å². The molecule has 2 aliphatic heterocycles. The average Bonchev–Trinajstić information content (AvgIpc) is 3.08. The van der Waals surface area contributed by atoms with Crippen molar-refractivity contribution in [3.05, 3.63) is 65.2 Å². The molecule has 0 saturated carbocycles. The third-order valence-corrected chi connectivity index (χ3v) is 7.13. The van der Waals surface area contributed by atoms with Gasteiger partial charge in [-0.25, -0.2) is 4.79 Å². The number of piperidine rings is 1. The molecule has 186 valence electrons. The fraction of sp³-hybridized carbons (Fsp3) is 0.444. The Labute approximate surface area is 206 Å². The van der Waals surface area contributed by atoms with E-state index >= 15 is 0 Å². The minimum atomic E-state index is -1.26. The Balaban J connectivity index is 1.25. The summed E-state index contributed by atoms with van der Waals surface area (Å²) in [4.78, 5) is 40.3. The molecular weight excluding hydrogens is 444 g/mol. The molecule has 2 aromatic rings. The maximum atomic E-state index is 13.1. The lowest BCUT2D eigenvalue weighted by Crippen LogP contribution is -2.51. The molecule has 2 aromatic carbocycles. The number of amides is 4. The van der Waals surface area contributed by atoms with Crippen LogP contribution in [-0.2, 0) is 21.5 Å². The van der Waals surface area contributed by atoms with Crippen LogP contribution in [0.1, 0.15) is 42.9 Å². The van der Waals surface area contributed by atoms with Crippen LogP contribution >= 0.6 is 0 Å². The van der Waals surface area contributed by atoms with Crippen LogP contribution < -0.4 is 15.5 Å². The summed E-state index contributed by atoms with van der Waals surface area (Å²) in [5.74, 6) is 0.409. The molecule has 2 fully saturated rings. The summed E-state index contributed by atoms with van der Waals surface area (Å²) in [5.41, 5.74) is 4.50. The van der Waals surface area contributed by atoms with Gasteiger partial charge in [-0.15, -0.1) is 0 Å². The molecule has 35 heavy (non-hydrogen) atoms. The zero-order valence-corrected chi connectivity index (χ0v) is 20.7. The topological polar surface area (TPSA) is 91.0 Å². The number of imide groups is 1. The van der Waals surface area contributed by atoms with E-state index < -0.39 is 17.5 Å². The smallest absolute Gasteiger partial charge is 0.344 e. The van der Waals surface area contributed by atoms with Gasteiger partial charge < -0.3 is 10.1 Å². The molecule has 0 radical (unpaired) electrons. The molecule has 2 N–H and O–H groups in total. The summed E-state index contributed by atoms with van der Waals surface area (Å²) in [6, 6.07) is 15.0. The summed E-state index contributed by atoms with van der Waals surface area (Å²) >= 11 is 0. The molecule has 1 atom stereocenters. The van der Waals surface area contributed by atoms with E-state index in [0.29, 0.717) is 17.2 Å².